The third kappa shape index (κ3) is 2.91. The first kappa shape index (κ1) is 12.2. The van der Waals surface area contributed by atoms with Gasteiger partial charge in [0.05, 0.1) is 12.8 Å². The highest BCUT2D eigenvalue weighted by Gasteiger charge is 2.02. The maximum absolute atomic E-state index is 13.2. The Kier molecular flexibility index (Phi) is 3.67. The number of benzene rings is 2. The summed E-state index contributed by atoms with van der Waals surface area (Å²) in [6, 6.07) is 11.9. The van der Waals surface area contributed by atoms with E-state index >= 15 is 0 Å². The Morgan fingerprint density at radius 1 is 1.11 bits per heavy atom. The van der Waals surface area contributed by atoms with Gasteiger partial charge in [0.25, 0.3) is 0 Å². The zero-order chi connectivity index (χ0) is 13.0. The first-order valence-electron chi connectivity index (χ1n) is 5.50. The van der Waals surface area contributed by atoms with Crippen molar-refractivity contribution in [3.05, 3.63) is 53.8 Å². The summed E-state index contributed by atoms with van der Waals surface area (Å²) in [7, 11) is 1.61. The van der Waals surface area contributed by atoms with Crippen LogP contribution in [-0.4, -0.2) is 7.11 Å². The molecule has 0 aromatic heterocycles. The highest BCUT2D eigenvalue weighted by molar-refractivity contribution is 5.43. The Labute approximate surface area is 105 Å². The number of nitrogens with two attached hydrogens (primary N) is 1. The van der Waals surface area contributed by atoms with E-state index in [-0.39, 0.29) is 5.69 Å². The summed E-state index contributed by atoms with van der Waals surface area (Å²) in [4.78, 5) is 0. The molecule has 0 radical (unpaired) electrons. The van der Waals surface area contributed by atoms with Crippen LogP contribution in [0.15, 0.2) is 42.5 Å². The van der Waals surface area contributed by atoms with Gasteiger partial charge in [-0.1, -0.05) is 12.1 Å². The fraction of sp³-hybridized carbons (Fsp3) is 0.143. The minimum atomic E-state index is -0.474. The fourth-order valence-corrected chi connectivity index (χ4v) is 1.53. The standard InChI is InChI=1S/C14H14FNO2/c1-17-11-4-2-3-10(7-11)9-18-12-5-6-14(16)13(15)8-12/h2-8H,9,16H2,1H3. The quantitative estimate of drug-likeness (QED) is 0.845. The number of halogens is 1. The van der Waals surface area contributed by atoms with Gasteiger partial charge in [-0.05, 0) is 29.8 Å². The van der Waals surface area contributed by atoms with Crippen LogP contribution in [0.1, 0.15) is 5.56 Å². The smallest absolute Gasteiger partial charge is 0.149 e. The van der Waals surface area contributed by atoms with E-state index in [4.69, 9.17) is 15.2 Å². The van der Waals surface area contributed by atoms with E-state index in [1.165, 1.54) is 12.1 Å². The molecular weight excluding hydrogens is 233 g/mol. The number of hydrogen-bond acceptors (Lipinski definition) is 3. The number of nitrogen functional groups attached to an aromatic ring is 1. The maximum Gasteiger partial charge on any atom is 0.149 e. The predicted molar refractivity (Wildman–Crippen MR) is 68.1 cm³/mol. The SMILES string of the molecule is COc1cccc(COc2ccc(N)c(F)c2)c1. The van der Waals surface area contributed by atoms with Crippen molar-refractivity contribution in [2.45, 2.75) is 6.61 Å². The van der Waals surface area contributed by atoms with Crippen molar-refractivity contribution >= 4 is 5.69 Å². The van der Waals surface area contributed by atoms with Crippen molar-refractivity contribution in [1.82, 2.24) is 0 Å². The van der Waals surface area contributed by atoms with Gasteiger partial charge in [0.1, 0.15) is 23.9 Å². The lowest BCUT2D eigenvalue weighted by Crippen LogP contribution is -1.97. The first-order chi connectivity index (χ1) is 8.69. The van der Waals surface area contributed by atoms with Gasteiger partial charge in [0.15, 0.2) is 0 Å². The Hall–Kier alpha value is -2.23. The summed E-state index contributed by atoms with van der Waals surface area (Å²) in [5, 5.41) is 0. The summed E-state index contributed by atoms with van der Waals surface area (Å²) in [6.45, 7) is 0.348. The topological polar surface area (TPSA) is 44.5 Å². The highest BCUT2D eigenvalue weighted by Crippen LogP contribution is 2.20. The molecule has 0 saturated carbocycles. The summed E-state index contributed by atoms with van der Waals surface area (Å²) < 4.78 is 23.8. The molecular formula is C14H14FNO2. The highest BCUT2D eigenvalue weighted by atomic mass is 19.1. The van der Waals surface area contributed by atoms with Crippen molar-refractivity contribution in [3.63, 3.8) is 0 Å². The minimum Gasteiger partial charge on any atom is -0.497 e. The molecule has 0 atom stereocenters. The summed E-state index contributed by atoms with van der Waals surface area (Å²) >= 11 is 0. The van der Waals surface area contributed by atoms with Crippen LogP contribution in [0.5, 0.6) is 11.5 Å². The van der Waals surface area contributed by atoms with E-state index in [0.717, 1.165) is 11.3 Å². The molecule has 2 aromatic rings. The van der Waals surface area contributed by atoms with Gasteiger partial charge in [0.2, 0.25) is 0 Å². The van der Waals surface area contributed by atoms with Crippen LogP contribution >= 0.6 is 0 Å². The van der Waals surface area contributed by atoms with Crippen molar-refractivity contribution in [1.29, 1.82) is 0 Å². The molecule has 3 nitrogen and oxygen atoms in total. The van der Waals surface area contributed by atoms with Gasteiger partial charge in [-0.2, -0.15) is 0 Å². The van der Waals surface area contributed by atoms with Crippen LogP contribution in [0, 0.1) is 5.82 Å². The van der Waals surface area contributed by atoms with Gasteiger partial charge < -0.3 is 15.2 Å². The summed E-state index contributed by atoms with van der Waals surface area (Å²) in [5.41, 5.74) is 6.45. The molecule has 0 aliphatic heterocycles. The zero-order valence-electron chi connectivity index (χ0n) is 10.0. The van der Waals surface area contributed by atoms with Gasteiger partial charge >= 0.3 is 0 Å². The second kappa shape index (κ2) is 5.40. The Bertz CT molecular complexity index is 543. The molecule has 94 valence electrons. The van der Waals surface area contributed by atoms with Crippen LogP contribution in [0.3, 0.4) is 0 Å². The molecule has 2 rings (SSSR count). The van der Waals surface area contributed by atoms with Gasteiger partial charge in [-0.25, -0.2) is 4.39 Å². The number of methoxy groups -OCH3 is 1. The molecule has 0 unspecified atom stereocenters. The van der Waals surface area contributed by atoms with Gasteiger partial charge in [0, 0.05) is 6.07 Å². The molecule has 2 aromatic carbocycles. The number of rotatable bonds is 4. The third-order valence-corrected chi connectivity index (χ3v) is 2.51. The van der Waals surface area contributed by atoms with Gasteiger partial charge in [-0.3, -0.25) is 0 Å². The lowest BCUT2D eigenvalue weighted by Gasteiger charge is -2.08. The fourth-order valence-electron chi connectivity index (χ4n) is 1.53. The van der Waals surface area contributed by atoms with E-state index in [1.54, 1.807) is 13.2 Å². The normalized spacial score (nSPS) is 10.1. The van der Waals surface area contributed by atoms with Crippen LogP contribution < -0.4 is 15.2 Å². The second-order valence-corrected chi connectivity index (χ2v) is 3.82. The predicted octanol–water partition coefficient (Wildman–Crippen LogP) is 3.00. The maximum atomic E-state index is 13.2. The van der Waals surface area contributed by atoms with Crippen LogP contribution in [0.4, 0.5) is 10.1 Å². The molecule has 0 heterocycles. The third-order valence-electron chi connectivity index (χ3n) is 2.51. The van der Waals surface area contributed by atoms with E-state index in [2.05, 4.69) is 0 Å². The monoisotopic (exact) mass is 247 g/mol. The molecule has 0 amide bonds. The molecule has 18 heavy (non-hydrogen) atoms. The Morgan fingerprint density at radius 3 is 2.67 bits per heavy atom. The number of hydrogen-bond donors (Lipinski definition) is 1. The van der Waals surface area contributed by atoms with Crippen molar-refractivity contribution in [3.8, 4) is 11.5 Å². The molecule has 0 aliphatic rings. The average molecular weight is 247 g/mol. The summed E-state index contributed by atoms with van der Waals surface area (Å²) in [5.74, 6) is 0.738. The van der Waals surface area contributed by atoms with E-state index in [9.17, 15) is 4.39 Å². The largest absolute Gasteiger partial charge is 0.497 e. The number of ether oxygens (including phenoxy) is 2. The van der Waals surface area contributed by atoms with Crippen LogP contribution in [0.25, 0.3) is 0 Å². The number of anilines is 1. The minimum absolute atomic E-state index is 0.115. The molecule has 2 N–H and O–H groups in total. The Balaban J connectivity index is 2.04. The molecule has 0 fully saturated rings. The van der Waals surface area contributed by atoms with Crippen LogP contribution in [0.2, 0.25) is 0 Å². The summed E-state index contributed by atoms with van der Waals surface area (Å²) in [6.07, 6.45) is 0. The lowest BCUT2D eigenvalue weighted by atomic mass is 10.2. The molecule has 0 saturated heterocycles. The van der Waals surface area contributed by atoms with Crippen molar-refractivity contribution < 1.29 is 13.9 Å². The lowest BCUT2D eigenvalue weighted by molar-refractivity contribution is 0.303. The molecule has 4 heteroatoms. The molecule has 0 aliphatic carbocycles. The second-order valence-electron chi connectivity index (χ2n) is 3.82. The molecule has 0 bridgehead atoms. The van der Waals surface area contributed by atoms with Crippen molar-refractivity contribution in [2.24, 2.45) is 0 Å². The van der Waals surface area contributed by atoms with E-state index in [1.807, 2.05) is 24.3 Å². The molecule has 0 spiro atoms. The zero-order valence-corrected chi connectivity index (χ0v) is 10.0. The van der Waals surface area contributed by atoms with E-state index < -0.39 is 5.82 Å². The van der Waals surface area contributed by atoms with Crippen LogP contribution in [-0.2, 0) is 6.61 Å². The first-order valence-corrected chi connectivity index (χ1v) is 5.50. The van der Waals surface area contributed by atoms with Crippen molar-refractivity contribution in [2.75, 3.05) is 12.8 Å². The Morgan fingerprint density at radius 2 is 1.94 bits per heavy atom. The van der Waals surface area contributed by atoms with E-state index in [0.29, 0.717) is 12.4 Å². The average Bonchev–Trinajstić information content (AvgIpc) is 2.40. The van der Waals surface area contributed by atoms with Gasteiger partial charge in [-0.15, -0.1) is 0 Å².